The second kappa shape index (κ2) is 9.66. The van der Waals surface area contributed by atoms with E-state index in [-0.39, 0.29) is 41.5 Å². The summed E-state index contributed by atoms with van der Waals surface area (Å²) >= 11 is 0. The van der Waals surface area contributed by atoms with Crippen LogP contribution in [-0.4, -0.2) is 30.4 Å². The first kappa shape index (κ1) is 22.7. The van der Waals surface area contributed by atoms with Gasteiger partial charge in [0.2, 0.25) is 12.7 Å². The van der Waals surface area contributed by atoms with E-state index in [1.54, 1.807) is 30.3 Å². The van der Waals surface area contributed by atoms with Crippen molar-refractivity contribution in [3.63, 3.8) is 0 Å². The predicted octanol–water partition coefficient (Wildman–Crippen LogP) is 4.66. The Morgan fingerprint density at radius 3 is 2.34 bits per heavy atom. The number of amides is 2. The lowest BCUT2D eigenvalue weighted by molar-refractivity contribution is -0.123. The van der Waals surface area contributed by atoms with Gasteiger partial charge in [-0.1, -0.05) is 43.2 Å². The molecular formula is C27H26N2O6. The normalized spacial score (nSPS) is 15.6. The average molecular weight is 475 g/mol. The van der Waals surface area contributed by atoms with E-state index in [0.29, 0.717) is 17.1 Å². The van der Waals surface area contributed by atoms with Gasteiger partial charge in [-0.2, -0.15) is 0 Å². The number of rotatable bonds is 7. The molecule has 1 aromatic heterocycles. The fraction of sp³-hybridized carbons (Fsp3) is 0.296. The molecule has 2 amide bonds. The smallest absolute Gasteiger partial charge is 0.294 e. The lowest BCUT2D eigenvalue weighted by Gasteiger charge is -2.33. The van der Waals surface area contributed by atoms with Crippen molar-refractivity contribution in [1.82, 2.24) is 5.32 Å². The Balaban J connectivity index is 1.68. The molecular weight excluding hydrogens is 448 g/mol. The molecule has 1 aliphatic carbocycles. The molecule has 0 bridgehead atoms. The Bertz CT molecular complexity index is 1230. The number of nitrogens with zero attached hydrogens (tertiary/aromatic N) is 1. The van der Waals surface area contributed by atoms with Gasteiger partial charge in [0, 0.05) is 17.7 Å². The number of hydrogen-bond acceptors (Lipinski definition) is 6. The maximum absolute atomic E-state index is 13.9. The van der Waals surface area contributed by atoms with E-state index >= 15 is 0 Å². The minimum absolute atomic E-state index is 0.00649. The molecule has 35 heavy (non-hydrogen) atoms. The Hall–Kier alpha value is -4.07. The van der Waals surface area contributed by atoms with Crippen LogP contribution in [0, 0.1) is 0 Å². The third-order valence-electron chi connectivity index (χ3n) is 6.40. The van der Waals surface area contributed by atoms with Crippen molar-refractivity contribution in [1.29, 1.82) is 0 Å². The SMILES string of the molecule is CC(=O)c1cc2c(cc1N(C(=O)c1ccco1)C(C(=O)NC1CCCC1)c1ccccc1)OCO2. The number of carbonyl (C=O) groups is 3. The summed E-state index contributed by atoms with van der Waals surface area (Å²) in [6, 6.07) is 14.3. The molecule has 1 unspecified atom stereocenters. The summed E-state index contributed by atoms with van der Waals surface area (Å²) in [5, 5.41) is 3.12. The van der Waals surface area contributed by atoms with Gasteiger partial charge in [-0.15, -0.1) is 0 Å². The van der Waals surface area contributed by atoms with Gasteiger partial charge in [0.1, 0.15) is 6.04 Å². The Kier molecular flexibility index (Phi) is 6.27. The van der Waals surface area contributed by atoms with E-state index in [2.05, 4.69) is 5.32 Å². The first-order chi connectivity index (χ1) is 17.0. The highest BCUT2D eigenvalue weighted by atomic mass is 16.7. The van der Waals surface area contributed by atoms with Crippen LogP contribution in [0.1, 0.15) is 65.1 Å². The topological polar surface area (TPSA) is 98.1 Å². The highest BCUT2D eigenvalue weighted by Crippen LogP contribution is 2.42. The minimum atomic E-state index is -1.05. The van der Waals surface area contributed by atoms with Crippen LogP contribution in [0.25, 0.3) is 0 Å². The van der Waals surface area contributed by atoms with Gasteiger partial charge >= 0.3 is 0 Å². The summed E-state index contributed by atoms with van der Waals surface area (Å²) in [7, 11) is 0. The van der Waals surface area contributed by atoms with Crippen molar-refractivity contribution in [2.45, 2.75) is 44.7 Å². The molecule has 1 N–H and O–H groups in total. The van der Waals surface area contributed by atoms with E-state index in [0.717, 1.165) is 25.7 Å². The monoisotopic (exact) mass is 474 g/mol. The van der Waals surface area contributed by atoms with Crippen LogP contribution in [-0.2, 0) is 4.79 Å². The fourth-order valence-corrected chi connectivity index (χ4v) is 4.70. The molecule has 1 aliphatic heterocycles. The lowest BCUT2D eigenvalue weighted by atomic mass is 9.99. The second-order valence-electron chi connectivity index (χ2n) is 8.73. The molecule has 1 saturated carbocycles. The third-order valence-corrected chi connectivity index (χ3v) is 6.40. The van der Waals surface area contributed by atoms with Crippen LogP contribution in [0.3, 0.4) is 0 Å². The molecule has 8 heteroatoms. The molecule has 1 fully saturated rings. The molecule has 0 saturated heterocycles. The summed E-state index contributed by atoms with van der Waals surface area (Å²) in [6.07, 6.45) is 5.27. The van der Waals surface area contributed by atoms with Crippen LogP contribution in [0.4, 0.5) is 5.69 Å². The summed E-state index contributed by atoms with van der Waals surface area (Å²) in [4.78, 5) is 41.8. The van der Waals surface area contributed by atoms with Crippen LogP contribution in [0.2, 0.25) is 0 Å². The highest BCUT2D eigenvalue weighted by molar-refractivity contribution is 6.13. The van der Waals surface area contributed by atoms with Gasteiger partial charge < -0.3 is 19.2 Å². The molecule has 8 nitrogen and oxygen atoms in total. The van der Waals surface area contributed by atoms with Crippen LogP contribution in [0.5, 0.6) is 11.5 Å². The molecule has 0 spiro atoms. The second-order valence-corrected chi connectivity index (χ2v) is 8.73. The maximum Gasteiger partial charge on any atom is 0.294 e. The molecule has 2 aliphatic rings. The molecule has 180 valence electrons. The van der Waals surface area contributed by atoms with Crippen LogP contribution in [0.15, 0.2) is 65.3 Å². The summed E-state index contributed by atoms with van der Waals surface area (Å²) in [6.45, 7) is 1.42. The quantitative estimate of drug-likeness (QED) is 0.500. The Morgan fingerprint density at radius 2 is 1.69 bits per heavy atom. The molecule has 5 rings (SSSR count). The van der Waals surface area contributed by atoms with Gasteiger partial charge in [0.05, 0.1) is 12.0 Å². The molecule has 2 heterocycles. The van der Waals surface area contributed by atoms with E-state index in [4.69, 9.17) is 13.9 Å². The number of carbonyl (C=O) groups excluding carboxylic acids is 3. The van der Waals surface area contributed by atoms with Gasteiger partial charge in [0.15, 0.2) is 23.0 Å². The van der Waals surface area contributed by atoms with Crippen molar-refractivity contribution in [2.75, 3.05) is 11.7 Å². The Morgan fingerprint density at radius 1 is 0.971 bits per heavy atom. The number of ketones is 1. The zero-order chi connectivity index (χ0) is 24.4. The van der Waals surface area contributed by atoms with Crippen molar-refractivity contribution in [3.05, 3.63) is 77.7 Å². The van der Waals surface area contributed by atoms with Gasteiger partial charge in [-0.3, -0.25) is 19.3 Å². The highest BCUT2D eigenvalue weighted by Gasteiger charge is 2.38. The van der Waals surface area contributed by atoms with Crippen LogP contribution >= 0.6 is 0 Å². The van der Waals surface area contributed by atoms with E-state index in [9.17, 15) is 14.4 Å². The number of fused-ring (bicyclic) bond motifs is 1. The van der Waals surface area contributed by atoms with Gasteiger partial charge in [0.25, 0.3) is 5.91 Å². The number of ether oxygens (including phenoxy) is 2. The number of Topliss-reactive ketones (excluding diaryl/α,β-unsaturated/α-hetero) is 1. The van der Waals surface area contributed by atoms with Crippen molar-refractivity contribution >= 4 is 23.3 Å². The maximum atomic E-state index is 13.9. The van der Waals surface area contributed by atoms with Gasteiger partial charge in [-0.05, 0) is 43.5 Å². The number of anilines is 1. The van der Waals surface area contributed by atoms with Gasteiger partial charge in [-0.25, -0.2) is 0 Å². The van der Waals surface area contributed by atoms with E-state index in [1.807, 2.05) is 18.2 Å². The average Bonchev–Trinajstić information content (AvgIpc) is 3.64. The Labute approximate surface area is 202 Å². The van der Waals surface area contributed by atoms with Crippen molar-refractivity contribution < 1.29 is 28.3 Å². The zero-order valence-corrected chi connectivity index (χ0v) is 19.4. The first-order valence-corrected chi connectivity index (χ1v) is 11.7. The number of furan rings is 1. The largest absolute Gasteiger partial charge is 0.459 e. The fourth-order valence-electron chi connectivity index (χ4n) is 4.70. The minimum Gasteiger partial charge on any atom is -0.459 e. The summed E-state index contributed by atoms with van der Waals surface area (Å²) in [5.74, 6) is -0.298. The predicted molar refractivity (Wildman–Crippen MR) is 128 cm³/mol. The lowest BCUT2D eigenvalue weighted by Crippen LogP contribution is -2.46. The number of nitrogens with one attached hydrogen (secondary N) is 1. The third kappa shape index (κ3) is 4.51. The van der Waals surface area contributed by atoms with Crippen molar-refractivity contribution in [3.8, 4) is 11.5 Å². The number of hydrogen-bond donors (Lipinski definition) is 1. The summed E-state index contributed by atoms with van der Waals surface area (Å²) < 4.78 is 16.4. The summed E-state index contributed by atoms with van der Waals surface area (Å²) in [5.41, 5.74) is 1.09. The molecule has 2 aromatic carbocycles. The first-order valence-electron chi connectivity index (χ1n) is 11.7. The van der Waals surface area contributed by atoms with E-state index < -0.39 is 11.9 Å². The standard InChI is InChI=1S/C27H26N2O6/c1-17(30)20-14-23-24(35-16-34-23)15-21(20)29(27(32)22-12-7-13-33-22)25(18-8-3-2-4-9-18)26(31)28-19-10-5-6-11-19/h2-4,7-9,12-15,19,25H,5-6,10-11,16H2,1H3,(H,28,31). The van der Waals surface area contributed by atoms with Crippen molar-refractivity contribution in [2.24, 2.45) is 0 Å². The molecule has 1 atom stereocenters. The van der Waals surface area contributed by atoms with Crippen LogP contribution < -0.4 is 19.7 Å². The molecule has 3 aromatic rings. The zero-order valence-electron chi connectivity index (χ0n) is 19.4. The van der Waals surface area contributed by atoms with E-state index in [1.165, 1.54) is 24.2 Å². The molecule has 0 radical (unpaired) electrons. The number of benzene rings is 2.